The zero-order valence-corrected chi connectivity index (χ0v) is 26.9. The molecule has 0 spiro atoms. The van der Waals surface area contributed by atoms with E-state index in [0.29, 0.717) is 0 Å². The van der Waals surface area contributed by atoms with Crippen LogP contribution < -0.4 is 5.32 Å². The van der Waals surface area contributed by atoms with E-state index in [1.54, 1.807) is 0 Å². The predicted octanol–water partition coefficient (Wildman–Crippen LogP) is 12.2. The van der Waals surface area contributed by atoms with Crippen molar-refractivity contribution in [3.63, 3.8) is 0 Å². The number of nitrogens with one attached hydrogen (secondary N) is 1. The molecule has 1 N–H and O–H groups in total. The number of para-hydroxylation sites is 2. The molecule has 49 heavy (non-hydrogen) atoms. The summed E-state index contributed by atoms with van der Waals surface area (Å²) < 4.78 is 0. The van der Waals surface area contributed by atoms with E-state index in [0.717, 1.165) is 78.5 Å². The highest BCUT2D eigenvalue weighted by molar-refractivity contribution is 5.95. The standard InChI is InChI=1S/C46H33N3/c1-5-16-33(17-6-1)37-28-29-47-44(30-37)40-24-13-14-27-42(40)49-46-39(35-20-9-3-10-21-35)25-15-26-41(46)45-32-38(34-18-7-2-8-19-34)31-43(48-45)36-22-11-4-12-23-36/h1-32,49H. The van der Waals surface area contributed by atoms with Crippen LogP contribution in [-0.4, -0.2) is 9.97 Å². The molecule has 2 aromatic heterocycles. The lowest BCUT2D eigenvalue weighted by Gasteiger charge is -2.20. The van der Waals surface area contributed by atoms with Gasteiger partial charge < -0.3 is 5.32 Å². The average Bonchev–Trinajstić information content (AvgIpc) is 3.19. The number of hydrogen-bond donors (Lipinski definition) is 1. The number of hydrogen-bond acceptors (Lipinski definition) is 3. The zero-order valence-electron chi connectivity index (χ0n) is 26.9. The van der Waals surface area contributed by atoms with Crippen molar-refractivity contribution >= 4 is 11.4 Å². The van der Waals surface area contributed by atoms with Crippen LogP contribution in [0.1, 0.15) is 0 Å². The summed E-state index contributed by atoms with van der Waals surface area (Å²) in [4.78, 5) is 10.1. The number of benzene rings is 6. The first-order chi connectivity index (χ1) is 24.3. The number of nitrogens with zero attached hydrogens (tertiary/aromatic N) is 2. The quantitative estimate of drug-likeness (QED) is 0.182. The highest BCUT2D eigenvalue weighted by atomic mass is 14.9. The van der Waals surface area contributed by atoms with Gasteiger partial charge in [0.05, 0.1) is 22.8 Å². The summed E-state index contributed by atoms with van der Waals surface area (Å²) in [5.74, 6) is 0. The smallest absolute Gasteiger partial charge is 0.0736 e. The summed E-state index contributed by atoms with van der Waals surface area (Å²) in [5, 5.41) is 3.90. The molecule has 6 aromatic carbocycles. The highest BCUT2D eigenvalue weighted by Crippen LogP contribution is 2.42. The first-order valence-electron chi connectivity index (χ1n) is 16.5. The summed E-state index contributed by atoms with van der Waals surface area (Å²) in [7, 11) is 0. The molecular weight excluding hydrogens is 595 g/mol. The third kappa shape index (κ3) is 6.38. The van der Waals surface area contributed by atoms with Crippen LogP contribution in [0.15, 0.2) is 194 Å². The van der Waals surface area contributed by atoms with Gasteiger partial charge in [-0.3, -0.25) is 4.98 Å². The summed E-state index contributed by atoms with van der Waals surface area (Å²) in [6, 6.07) is 65.4. The average molecular weight is 628 g/mol. The second-order valence-electron chi connectivity index (χ2n) is 11.9. The molecule has 0 saturated carbocycles. The number of pyridine rings is 2. The molecule has 0 aliphatic heterocycles. The molecule has 0 saturated heterocycles. The van der Waals surface area contributed by atoms with Gasteiger partial charge in [0.25, 0.3) is 0 Å². The monoisotopic (exact) mass is 627 g/mol. The van der Waals surface area contributed by atoms with E-state index in [-0.39, 0.29) is 0 Å². The molecule has 3 nitrogen and oxygen atoms in total. The minimum atomic E-state index is 0.891. The Kier molecular flexibility index (Phi) is 8.30. The Bertz CT molecular complexity index is 2280. The molecule has 0 bridgehead atoms. The van der Waals surface area contributed by atoms with Crippen molar-refractivity contribution in [3.05, 3.63) is 194 Å². The van der Waals surface area contributed by atoms with Crippen molar-refractivity contribution in [2.24, 2.45) is 0 Å². The molecule has 2 heterocycles. The molecule has 8 rings (SSSR count). The van der Waals surface area contributed by atoms with Crippen molar-refractivity contribution in [1.82, 2.24) is 9.97 Å². The Morgan fingerprint density at radius 3 is 1.53 bits per heavy atom. The maximum absolute atomic E-state index is 5.31. The second-order valence-corrected chi connectivity index (χ2v) is 11.9. The van der Waals surface area contributed by atoms with Gasteiger partial charge in [0.15, 0.2) is 0 Å². The summed E-state index contributed by atoms with van der Waals surface area (Å²) in [5.41, 5.74) is 14.5. The van der Waals surface area contributed by atoms with Crippen LogP contribution in [0.5, 0.6) is 0 Å². The van der Waals surface area contributed by atoms with Crippen LogP contribution in [0.3, 0.4) is 0 Å². The van der Waals surface area contributed by atoms with Gasteiger partial charge in [-0.15, -0.1) is 0 Å². The fourth-order valence-electron chi connectivity index (χ4n) is 6.32. The third-order valence-electron chi connectivity index (χ3n) is 8.76. The SMILES string of the molecule is c1ccc(-c2ccnc(-c3ccccc3Nc3c(-c4ccccc4)cccc3-c3cc(-c4ccccc4)cc(-c4ccccc4)n3)c2)cc1. The van der Waals surface area contributed by atoms with Crippen molar-refractivity contribution < 1.29 is 0 Å². The van der Waals surface area contributed by atoms with Crippen LogP contribution in [0.4, 0.5) is 11.4 Å². The Labute approximate surface area is 287 Å². The number of rotatable bonds is 8. The lowest BCUT2D eigenvalue weighted by molar-refractivity contribution is 1.31. The molecule has 0 fully saturated rings. The van der Waals surface area contributed by atoms with E-state index in [1.807, 2.05) is 18.3 Å². The van der Waals surface area contributed by atoms with Gasteiger partial charge in [-0.25, -0.2) is 4.98 Å². The molecule has 0 atom stereocenters. The van der Waals surface area contributed by atoms with Gasteiger partial charge in [-0.1, -0.05) is 158 Å². The highest BCUT2D eigenvalue weighted by Gasteiger charge is 2.18. The fourth-order valence-corrected chi connectivity index (χ4v) is 6.32. The molecule has 0 aliphatic rings. The molecule has 0 unspecified atom stereocenters. The largest absolute Gasteiger partial charge is 0.354 e. The molecule has 232 valence electrons. The Morgan fingerprint density at radius 1 is 0.327 bits per heavy atom. The van der Waals surface area contributed by atoms with Crippen LogP contribution in [0.25, 0.3) is 67.2 Å². The number of aromatic nitrogens is 2. The summed E-state index contributed by atoms with van der Waals surface area (Å²) >= 11 is 0. The Balaban J connectivity index is 1.31. The van der Waals surface area contributed by atoms with Crippen molar-refractivity contribution in [2.75, 3.05) is 5.32 Å². The topological polar surface area (TPSA) is 37.8 Å². The Hall–Kier alpha value is -6.58. The third-order valence-corrected chi connectivity index (χ3v) is 8.76. The van der Waals surface area contributed by atoms with Gasteiger partial charge in [0.2, 0.25) is 0 Å². The van der Waals surface area contributed by atoms with E-state index in [4.69, 9.17) is 9.97 Å². The predicted molar refractivity (Wildman–Crippen MR) is 204 cm³/mol. The number of anilines is 2. The summed E-state index contributed by atoms with van der Waals surface area (Å²) in [6.45, 7) is 0. The van der Waals surface area contributed by atoms with Gasteiger partial charge in [-0.05, 0) is 58.1 Å². The van der Waals surface area contributed by atoms with Gasteiger partial charge in [0, 0.05) is 34.1 Å². The van der Waals surface area contributed by atoms with Crippen LogP contribution >= 0.6 is 0 Å². The fraction of sp³-hybridized carbons (Fsp3) is 0. The van der Waals surface area contributed by atoms with E-state index >= 15 is 0 Å². The van der Waals surface area contributed by atoms with Gasteiger partial charge in [-0.2, -0.15) is 0 Å². The minimum absolute atomic E-state index is 0.891. The summed E-state index contributed by atoms with van der Waals surface area (Å²) in [6.07, 6.45) is 1.89. The van der Waals surface area contributed by atoms with E-state index < -0.39 is 0 Å². The maximum Gasteiger partial charge on any atom is 0.0736 e. The van der Waals surface area contributed by atoms with E-state index in [2.05, 4.69) is 181 Å². The van der Waals surface area contributed by atoms with Crippen LogP contribution in [0, 0.1) is 0 Å². The van der Waals surface area contributed by atoms with E-state index in [9.17, 15) is 0 Å². The van der Waals surface area contributed by atoms with Gasteiger partial charge in [0.1, 0.15) is 0 Å². The zero-order chi connectivity index (χ0) is 32.8. The van der Waals surface area contributed by atoms with Crippen LogP contribution in [0.2, 0.25) is 0 Å². The van der Waals surface area contributed by atoms with Gasteiger partial charge >= 0.3 is 0 Å². The molecule has 0 radical (unpaired) electrons. The molecular formula is C46H33N3. The van der Waals surface area contributed by atoms with E-state index in [1.165, 1.54) is 0 Å². The lowest BCUT2D eigenvalue weighted by Crippen LogP contribution is -2.00. The first-order valence-corrected chi connectivity index (χ1v) is 16.5. The minimum Gasteiger partial charge on any atom is -0.354 e. The first kappa shape index (κ1) is 29.8. The maximum atomic E-state index is 5.31. The van der Waals surface area contributed by atoms with Crippen LogP contribution in [-0.2, 0) is 0 Å². The molecule has 8 aromatic rings. The van der Waals surface area contributed by atoms with Crippen molar-refractivity contribution in [3.8, 4) is 67.2 Å². The molecule has 0 aliphatic carbocycles. The van der Waals surface area contributed by atoms with Crippen molar-refractivity contribution in [2.45, 2.75) is 0 Å². The Morgan fingerprint density at radius 2 is 0.837 bits per heavy atom. The molecule has 0 amide bonds. The molecule has 3 heteroatoms. The normalized spacial score (nSPS) is 10.9. The lowest BCUT2D eigenvalue weighted by atomic mass is 9.95. The second kappa shape index (κ2) is 13.6. The van der Waals surface area contributed by atoms with Crippen molar-refractivity contribution in [1.29, 1.82) is 0 Å².